The molecule has 0 radical (unpaired) electrons. The van der Waals surface area contributed by atoms with Crippen LogP contribution in [0.15, 0.2) is 5.38 Å². The zero-order chi connectivity index (χ0) is 16.6. The fourth-order valence-corrected chi connectivity index (χ4v) is 3.74. The molecule has 0 fully saturated rings. The Labute approximate surface area is 141 Å². The van der Waals surface area contributed by atoms with Crippen LogP contribution in [-0.4, -0.2) is 39.5 Å². The van der Waals surface area contributed by atoms with Gasteiger partial charge in [-0.3, -0.25) is 4.90 Å². The summed E-state index contributed by atoms with van der Waals surface area (Å²) >= 11 is 1.75. The topological polar surface area (TPSA) is 51.1 Å². The van der Waals surface area contributed by atoms with Crippen LogP contribution in [0, 0.1) is 13.8 Å². The van der Waals surface area contributed by atoms with Gasteiger partial charge in [0.15, 0.2) is 0 Å². The van der Waals surface area contributed by atoms with Crippen molar-refractivity contribution in [1.82, 2.24) is 19.9 Å². The quantitative estimate of drug-likeness (QED) is 0.842. The van der Waals surface area contributed by atoms with E-state index in [0.29, 0.717) is 5.92 Å². The largest absolute Gasteiger partial charge is 0.472 e. The number of ether oxygens (including phenoxy) is 1. The average Bonchev–Trinajstić information content (AvgIpc) is 3.05. The van der Waals surface area contributed by atoms with Gasteiger partial charge in [0.05, 0.1) is 10.7 Å². The summed E-state index contributed by atoms with van der Waals surface area (Å²) in [7, 11) is 2.12. The lowest BCUT2D eigenvalue weighted by atomic mass is 10.1. The first kappa shape index (κ1) is 16.3. The Morgan fingerprint density at radius 1 is 1.30 bits per heavy atom. The first-order chi connectivity index (χ1) is 10.9. The van der Waals surface area contributed by atoms with Crippen molar-refractivity contribution in [3.05, 3.63) is 33.2 Å². The van der Waals surface area contributed by atoms with Crippen LogP contribution >= 0.6 is 11.3 Å². The number of aromatic nitrogens is 3. The molecule has 2 aromatic rings. The lowest BCUT2D eigenvalue weighted by Crippen LogP contribution is -2.31. The summed E-state index contributed by atoms with van der Waals surface area (Å²) in [6.07, 6.45) is 1.04. The minimum Gasteiger partial charge on any atom is -0.472 e. The van der Waals surface area contributed by atoms with Gasteiger partial charge in [-0.15, -0.1) is 11.3 Å². The van der Waals surface area contributed by atoms with Gasteiger partial charge in [0.1, 0.15) is 11.9 Å². The van der Waals surface area contributed by atoms with E-state index in [2.05, 4.69) is 41.1 Å². The first-order valence-electron chi connectivity index (χ1n) is 8.06. The molecule has 23 heavy (non-hydrogen) atoms. The van der Waals surface area contributed by atoms with Crippen LogP contribution < -0.4 is 4.74 Å². The van der Waals surface area contributed by atoms with Gasteiger partial charge < -0.3 is 4.74 Å². The molecule has 0 saturated heterocycles. The number of aryl methyl sites for hydroxylation is 2. The van der Waals surface area contributed by atoms with Crippen molar-refractivity contribution in [2.75, 3.05) is 13.6 Å². The fourth-order valence-electron chi connectivity index (χ4n) is 2.92. The molecule has 0 aliphatic carbocycles. The van der Waals surface area contributed by atoms with E-state index in [0.717, 1.165) is 48.2 Å². The molecule has 0 amide bonds. The van der Waals surface area contributed by atoms with Gasteiger partial charge >= 0.3 is 0 Å². The van der Waals surface area contributed by atoms with Crippen LogP contribution in [0.3, 0.4) is 0 Å². The Hall–Kier alpha value is -1.53. The number of rotatable bonds is 5. The highest BCUT2D eigenvalue weighted by Gasteiger charge is 2.27. The zero-order valence-corrected chi connectivity index (χ0v) is 15.3. The van der Waals surface area contributed by atoms with E-state index in [4.69, 9.17) is 9.72 Å². The molecule has 5 nitrogen and oxygen atoms in total. The lowest BCUT2D eigenvalue weighted by Gasteiger charge is -2.19. The zero-order valence-electron chi connectivity index (χ0n) is 14.5. The lowest BCUT2D eigenvalue weighted by molar-refractivity contribution is 0.160. The van der Waals surface area contributed by atoms with Gasteiger partial charge in [-0.1, -0.05) is 13.8 Å². The van der Waals surface area contributed by atoms with Crippen LogP contribution in [-0.2, 0) is 13.0 Å². The molecular weight excluding hydrogens is 308 g/mol. The van der Waals surface area contributed by atoms with Crippen molar-refractivity contribution < 1.29 is 4.74 Å². The van der Waals surface area contributed by atoms with Crippen LogP contribution in [0.5, 0.6) is 5.88 Å². The molecule has 0 N–H and O–H groups in total. The number of hydrogen-bond acceptors (Lipinski definition) is 6. The highest BCUT2D eigenvalue weighted by Crippen LogP contribution is 2.29. The normalized spacial score (nSPS) is 16.9. The molecular formula is C17H24N4OS. The highest BCUT2D eigenvalue weighted by molar-refractivity contribution is 7.09. The SMILES string of the molecule is Cc1nc(C)c2c(n1)O[C@@H](CN(C)Cc1csc(C(C)C)n1)C2. The van der Waals surface area contributed by atoms with E-state index in [1.807, 2.05) is 13.8 Å². The average molecular weight is 332 g/mol. The van der Waals surface area contributed by atoms with E-state index in [1.165, 1.54) is 5.01 Å². The minimum absolute atomic E-state index is 0.146. The predicted molar refractivity (Wildman–Crippen MR) is 92.2 cm³/mol. The van der Waals surface area contributed by atoms with Gasteiger partial charge in [-0.2, -0.15) is 4.98 Å². The number of hydrogen-bond donors (Lipinski definition) is 0. The van der Waals surface area contributed by atoms with E-state index < -0.39 is 0 Å². The first-order valence-corrected chi connectivity index (χ1v) is 8.94. The van der Waals surface area contributed by atoms with Gasteiger partial charge in [0.25, 0.3) is 0 Å². The maximum atomic E-state index is 6.01. The van der Waals surface area contributed by atoms with Crippen LogP contribution in [0.4, 0.5) is 0 Å². The molecule has 0 aromatic carbocycles. The van der Waals surface area contributed by atoms with Crippen molar-refractivity contribution in [1.29, 1.82) is 0 Å². The fraction of sp³-hybridized carbons (Fsp3) is 0.588. The van der Waals surface area contributed by atoms with Gasteiger partial charge in [-0.25, -0.2) is 9.97 Å². The van der Waals surface area contributed by atoms with Gasteiger partial charge in [0, 0.05) is 42.1 Å². The molecule has 0 bridgehead atoms. The summed E-state index contributed by atoms with van der Waals surface area (Å²) in [5.41, 5.74) is 3.34. The molecule has 0 saturated carbocycles. The van der Waals surface area contributed by atoms with E-state index in [9.17, 15) is 0 Å². The van der Waals surface area contributed by atoms with Crippen molar-refractivity contribution in [3.8, 4) is 5.88 Å². The number of fused-ring (bicyclic) bond motifs is 1. The Morgan fingerprint density at radius 3 is 2.78 bits per heavy atom. The van der Waals surface area contributed by atoms with Crippen LogP contribution in [0.2, 0.25) is 0 Å². The predicted octanol–water partition coefficient (Wildman–Crippen LogP) is 3.11. The molecule has 124 valence electrons. The maximum Gasteiger partial charge on any atom is 0.220 e. The van der Waals surface area contributed by atoms with Gasteiger partial charge in [-0.05, 0) is 20.9 Å². The molecule has 0 unspecified atom stereocenters. The van der Waals surface area contributed by atoms with E-state index in [1.54, 1.807) is 11.3 Å². The summed E-state index contributed by atoms with van der Waals surface area (Å²) in [4.78, 5) is 15.8. The van der Waals surface area contributed by atoms with Crippen LogP contribution in [0.1, 0.15) is 47.5 Å². The minimum atomic E-state index is 0.146. The van der Waals surface area contributed by atoms with Crippen molar-refractivity contribution in [2.45, 2.75) is 52.7 Å². The molecule has 2 aromatic heterocycles. The Kier molecular flexibility index (Phi) is 4.64. The summed E-state index contributed by atoms with van der Waals surface area (Å²) in [5.74, 6) is 2.04. The van der Waals surface area contributed by atoms with E-state index >= 15 is 0 Å². The Morgan fingerprint density at radius 2 is 2.09 bits per heavy atom. The molecule has 6 heteroatoms. The second kappa shape index (κ2) is 6.53. The van der Waals surface area contributed by atoms with E-state index in [-0.39, 0.29) is 6.10 Å². The Balaban J connectivity index is 1.59. The third kappa shape index (κ3) is 3.70. The van der Waals surface area contributed by atoms with Crippen molar-refractivity contribution in [2.24, 2.45) is 0 Å². The number of likely N-dealkylation sites (N-methyl/N-ethyl adjacent to an activating group) is 1. The molecule has 1 aliphatic rings. The monoisotopic (exact) mass is 332 g/mol. The third-order valence-corrected chi connectivity index (χ3v) is 5.20. The second-order valence-corrected chi connectivity index (χ2v) is 7.50. The number of thiazole rings is 1. The summed E-state index contributed by atoms with van der Waals surface area (Å²) in [6.45, 7) is 10.0. The molecule has 3 heterocycles. The van der Waals surface area contributed by atoms with Crippen LogP contribution in [0.25, 0.3) is 0 Å². The third-order valence-electron chi connectivity index (χ3n) is 4.01. The van der Waals surface area contributed by atoms with Gasteiger partial charge in [0.2, 0.25) is 5.88 Å². The standard InChI is InChI=1S/C17H24N4OS/c1-10(2)17-20-13(9-23-17)7-21(5)8-14-6-15-11(3)18-12(4)19-16(15)22-14/h9-10,14H,6-8H2,1-5H3/t14-/m1/s1. The summed E-state index contributed by atoms with van der Waals surface area (Å²) in [6, 6.07) is 0. The molecule has 3 rings (SSSR count). The smallest absolute Gasteiger partial charge is 0.220 e. The summed E-state index contributed by atoms with van der Waals surface area (Å²) in [5, 5.41) is 3.37. The highest BCUT2D eigenvalue weighted by atomic mass is 32.1. The molecule has 0 spiro atoms. The summed E-state index contributed by atoms with van der Waals surface area (Å²) < 4.78 is 6.01. The maximum absolute atomic E-state index is 6.01. The van der Waals surface area contributed by atoms with Crippen molar-refractivity contribution in [3.63, 3.8) is 0 Å². The second-order valence-electron chi connectivity index (χ2n) is 6.61. The molecule has 1 aliphatic heterocycles. The Bertz CT molecular complexity index is 698. The number of nitrogens with zero attached hydrogens (tertiary/aromatic N) is 4. The molecule has 1 atom stereocenters. The van der Waals surface area contributed by atoms with Crippen molar-refractivity contribution >= 4 is 11.3 Å².